The number of rotatable bonds is 6. The Kier molecular flexibility index (Phi) is 5.87. The van der Waals surface area contributed by atoms with Crippen molar-refractivity contribution in [3.05, 3.63) is 45.6 Å². The number of anilines is 1. The number of hydrogen-bond acceptors (Lipinski definition) is 5. The fourth-order valence-corrected chi connectivity index (χ4v) is 4.21. The Hall–Kier alpha value is -1.06. The maximum atomic E-state index is 11.8. The van der Waals surface area contributed by atoms with E-state index in [0.717, 1.165) is 9.21 Å². The minimum Gasteiger partial charge on any atom is -0.325 e. The van der Waals surface area contributed by atoms with Gasteiger partial charge in [0.1, 0.15) is 0 Å². The fourth-order valence-electron chi connectivity index (χ4n) is 1.62. The fraction of sp³-hybridized carbons (Fsp3) is 0.154. The minimum absolute atomic E-state index is 0.0359. The summed E-state index contributed by atoms with van der Waals surface area (Å²) in [5.74, 6) is 0.746. The van der Waals surface area contributed by atoms with Gasteiger partial charge in [-0.25, -0.2) is 13.6 Å². The highest BCUT2D eigenvalue weighted by atomic mass is 35.5. The second kappa shape index (κ2) is 7.47. The van der Waals surface area contributed by atoms with E-state index >= 15 is 0 Å². The first-order valence-corrected chi connectivity index (χ1v) is 9.99. The maximum absolute atomic E-state index is 11.8. The van der Waals surface area contributed by atoms with Crippen molar-refractivity contribution >= 4 is 56.3 Å². The molecular weight excluding hydrogens is 364 g/mol. The number of amides is 1. The standard InChI is InChI=1S/C13H13ClN2O3S3/c14-12-5-4-10(21-12)7-20-8-13(17)16-9-2-1-3-11(6-9)22(15,18)19/h1-6H,7-8H2,(H,16,17)(H2,15,18,19). The van der Waals surface area contributed by atoms with Gasteiger partial charge in [0.25, 0.3) is 0 Å². The number of sulfonamides is 1. The van der Waals surface area contributed by atoms with E-state index in [1.54, 1.807) is 6.07 Å². The molecule has 0 aliphatic rings. The number of halogens is 1. The number of carbonyl (C=O) groups is 1. The van der Waals surface area contributed by atoms with Crippen LogP contribution in [0.3, 0.4) is 0 Å². The third-order valence-corrected chi connectivity index (χ3v) is 5.86. The summed E-state index contributed by atoms with van der Waals surface area (Å²) in [6, 6.07) is 9.58. The van der Waals surface area contributed by atoms with Crippen molar-refractivity contribution in [2.75, 3.05) is 11.1 Å². The zero-order valence-corrected chi connectivity index (χ0v) is 14.5. The van der Waals surface area contributed by atoms with E-state index in [2.05, 4.69) is 5.32 Å². The molecular formula is C13H13ClN2O3S3. The molecule has 118 valence electrons. The van der Waals surface area contributed by atoms with E-state index in [1.165, 1.54) is 41.3 Å². The van der Waals surface area contributed by atoms with Crippen LogP contribution >= 0.6 is 34.7 Å². The molecule has 1 aromatic heterocycles. The van der Waals surface area contributed by atoms with E-state index in [1.807, 2.05) is 12.1 Å². The quantitative estimate of drug-likeness (QED) is 0.811. The average molecular weight is 377 g/mol. The van der Waals surface area contributed by atoms with Gasteiger partial charge >= 0.3 is 0 Å². The number of nitrogens with two attached hydrogens (primary N) is 1. The van der Waals surface area contributed by atoms with Crippen LogP contribution in [0.5, 0.6) is 0 Å². The number of thioether (sulfide) groups is 1. The molecule has 1 aromatic carbocycles. The first-order valence-electron chi connectivity index (χ1n) is 6.09. The molecule has 9 heteroatoms. The normalized spacial score (nSPS) is 11.4. The first-order chi connectivity index (χ1) is 10.3. The van der Waals surface area contributed by atoms with Gasteiger partial charge in [-0.15, -0.1) is 23.1 Å². The minimum atomic E-state index is -3.78. The Morgan fingerprint density at radius 3 is 2.73 bits per heavy atom. The Morgan fingerprint density at radius 1 is 1.32 bits per heavy atom. The molecule has 1 heterocycles. The van der Waals surface area contributed by atoms with Crippen LogP contribution in [0.1, 0.15) is 4.88 Å². The van der Waals surface area contributed by atoms with Crippen molar-refractivity contribution < 1.29 is 13.2 Å². The summed E-state index contributed by atoms with van der Waals surface area (Å²) in [4.78, 5) is 12.9. The maximum Gasteiger partial charge on any atom is 0.238 e. The van der Waals surface area contributed by atoms with Crippen molar-refractivity contribution in [3.63, 3.8) is 0 Å². The van der Waals surface area contributed by atoms with Crippen molar-refractivity contribution in [1.29, 1.82) is 0 Å². The van der Waals surface area contributed by atoms with Crippen LogP contribution in [-0.2, 0) is 20.6 Å². The third kappa shape index (κ3) is 5.29. The first kappa shape index (κ1) is 17.3. The zero-order valence-electron chi connectivity index (χ0n) is 11.3. The van der Waals surface area contributed by atoms with Gasteiger partial charge in [0.2, 0.25) is 15.9 Å². The highest BCUT2D eigenvalue weighted by Gasteiger charge is 2.09. The predicted octanol–water partition coefficient (Wildman–Crippen LogP) is 2.92. The van der Waals surface area contributed by atoms with Crippen LogP contribution < -0.4 is 10.5 Å². The molecule has 5 nitrogen and oxygen atoms in total. The molecule has 0 bridgehead atoms. The van der Waals surface area contributed by atoms with E-state index in [-0.39, 0.29) is 16.6 Å². The lowest BCUT2D eigenvalue weighted by atomic mass is 10.3. The van der Waals surface area contributed by atoms with Crippen molar-refractivity contribution in [1.82, 2.24) is 0 Å². The highest BCUT2D eigenvalue weighted by molar-refractivity contribution is 7.99. The van der Waals surface area contributed by atoms with Gasteiger partial charge in [-0.3, -0.25) is 4.79 Å². The summed E-state index contributed by atoms with van der Waals surface area (Å²) in [5, 5.41) is 7.69. The summed E-state index contributed by atoms with van der Waals surface area (Å²) in [5.41, 5.74) is 0.399. The lowest BCUT2D eigenvalue weighted by molar-refractivity contribution is -0.113. The molecule has 0 radical (unpaired) electrons. The van der Waals surface area contributed by atoms with Crippen LogP contribution in [0.15, 0.2) is 41.3 Å². The zero-order chi connectivity index (χ0) is 16.2. The number of thiophene rings is 1. The predicted molar refractivity (Wildman–Crippen MR) is 91.9 cm³/mol. The van der Waals surface area contributed by atoms with Gasteiger partial charge in [-0.05, 0) is 30.3 Å². The van der Waals surface area contributed by atoms with E-state index in [4.69, 9.17) is 16.7 Å². The van der Waals surface area contributed by atoms with E-state index in [0.29, 0.717) is 11.4 Å². The van der Waals surface area contributed by atoms with Crippen molar-refractivity contribution in [2.45, 2.75) is 10.6 Å². The number of hydrogen-bond donors (Lipinski definition) is 2. The van der Waals surface area contributed by atoms with Crippen LogP contribution in [0.25, 0.3) is 0 Å². The lowest BCUT2D eigenvalue weighted by Crippen LogP contribution is -2.16. The molecule has 0 spiro atoms. The summed E-state index contributed by atoms with van der Waals surface area (Å²) < 4.78 is 23.2. The summed E-state index contributed by atoms with van der Waals surface area (Å²) in [6.07, 6.45) is 0. The van der Waals surface area contributed by atoms with Crippen LogP contribution in [0, 0.1) is 0 Å². The molecule has 0 saturated heterocycles. The number of carbonyl (C=O) groups excluding carboxylic acids is 1. The van der Waals surface area contributed by atoms with E-state index < -0.39 is 10.0 Å². The molecule has 22 heavy (non-hydrogen) atoms. The van der Waals surface area contributed by atoms with Gasteiger partial charge in [0.05, 0.1) is 15.0 Å². The Balaban J connectivity index is 1.87. The summed E-state index contributed by atoms with van der Waals surface area (Å²) in [7, 11) is -3.78. The van der Waals surface area contributed by atoms with Gasteiger partial charge in [0.15, 0.2) is 0 Å². The summed E-state index contributed by atoms with van der Waals surface area (Å²) in [6.45, 7) is 0. The topological polar surface area (TPSA) is 89.3 Å². The molecule has 0 aliphatic heterocycles. The number of nitrogens with one attached hydrogen (secondary N) is 1. The average Bonchev–Trinajstić information content (AvgIpc) is 2.84. The molecule has 3 N–H and O–H groups in total. The molecule has 0 aliphatic carbocycles. The Morgan fingerprint density at radius 2 is 2.09 bits per heavy atom. The van der Waals surface area contributed by atoms with E-state index in [9.17, 15) is 13.2 Å². The largest absolute Gasteiger partial charge is 0.325 e. The SMILES string of the molecule is NS(=O)(=O)c1cccc(NC(=O)CSCc2ccc(Cl)s2)c1. The van der Waals surface area contributed by atoms with Crippen LogP contribution in [-0.4, -0.2) is 20.1 Å². The molecule has 1 amide bonds. The molecule has 0 unspecified atom stereocenters. The van der Waals surface area contributed by atoms with Crippen LogP contribution in [0.4, 0.5) is 5.69 Å². The van der Waals surface area contributed by atoms with Crippen molar-refractivity contribution in [2.24, 2.45) is 5.14 Å². The van der Waals surface area contributed by atoms with Gasteiger partial charge in [-0.1, -0.05) is 17.7 Å². The Bertz CT molecular complexity index is 774. The van der Waals surface area contributed by atoms with Gasteiger partial charge < -0.3 is 5.32 Å². The molecule has 2 aromatic rings. The molecule has 0 saturated carbocycles. The van der Waals surface area contributed by atoms with Crippen LogP contribution in [0.2, 0.25) is 4.34 Å². The third-order valence-electron chi connectivity index (χ3n) is 2.55. The smallest absolute Gasteiger partial charge is 0.238 e. The second-order valence-electron chi connectivity index (χ2n) is 4.32. The highest BCUT2D eigenvalue weighted by Crippen LogP contribution is 2.25. The van der Waals surface area contributed by atoms with Gasteiger partial charge in [0, 0.05) is 16.3 Å². The molecule has 0 fully saturated rings. The molecule has 2 rings (SSSR count). The van der Waals surface area contributed by atoms with Crippen molar-refractivity contribution in [3.8, 4) is 0 Å². The summed E-state index contributed by atoms with van der Waals surface area (Å²) >= 11 is 8.77. The number of benzene rings is 1. The monoisotopic (exact) mass is 376 g/mol. The second-order valence-corrected chi connectivity index (χ2v) is 8.67. The van der Waals surface area contributed by atoms with Gasteiger partial charge in [-0.2, -0.15) is 0 Å². The molecule has 0 atom stereocenters. The number of primary sulfonamides is 1. The Labute approximate surface area is 141 Å². The lowest BCUT2D eigenvalue weighted by Gasteiger charge is -2.06.